The van der Waals surface area contributed by atoms with E-state index in [2.05, 4.69) is 17.1 Å². The minimum absolute atomic E-state index is 0.0473. The third-order valence-electron chi connectivity index (χ3n) is 5.83. The Morgan fingerprint density at radius 3 is 2.67 bits per heavy atom. The van der Waals surface area contributed by atoms with Gasteiger partial charge in [0.15, 0.2) is 0 Å². The van der Waals surface area contributed by atoms with Gasteiger partial charge in [-0.2, -0.15) is 5.10 Å². The molecule has 7 nitrogen and oxygen atoms in total. The van der Waals surface area contributed by atoms with Crippen molar-refractivity contribution in [3.63, 3.8) is 0 Å². The molecular formula is C25H28ClN3O4. The number of fused-ring (bicyclic) bond motifs is 1. The van der Waals surface area contributed by atoms with E-state index in [4.69, 9.17) is 21.1 Å². The number of amides is 1. The Balaban J connectivity index is 1.71. The van der Waals surface area contributed by atoms with Gasteiger partial charge >= 0.3 is 0 Å². The van der Waals surface area contributed by atoms with Gasteiger partial charge in [-0.25, -0.2) is 0 Å². The molecule has 2 aromatic carbocycles. The fourth-order valence-electron chi connectivity index (χ4n) is 4.16. The summed E-state index contributed by atoms with van der Waals surface area (Å²) < 4.78 is 11.1. The van der Waals surface area contributed by atoms with Crippen LogP contribution in [0.2, 0.25) is 5.02 Å². The maximum atomic E-state index is 13.2. The first-order chi connectivity index (χ1) is 16.0. The number of nitrogens with one attached hydrogen (secondary N) is 1. The van der Waals surface area contributed by atoms with E-state index in [0.29, 0.717) is 47.3 Å². The standard InChI is InChI=1S/C25H28ClN3O4/c1-3-4-5-13-33-18-9-6-16(7-10-18)24-21-22(19-15-17(26)8-11-20(19)30)27-28-23(21)25(31)29(24)12-14-32-2/h6-11,15,24,30H,3-5,12-14H2,1-2H3,(H,27,28). The molecule has 0 saturated heterocycles. The lowest BCUT2D eigenvalue weighted by molar-refractivity contribution is 0.0677. The first kappa shape index (κ1) is 23.1. The Hall–Kier alpha value is -3.03. The summed E-state index contributed by atoms with van der Waals surface area (Å²) in [7, 11) is 1.61. The zero-order valence-electron chi connectivity index (χ0n) is 18.8. The second-order valence-electron chi connectivity index (χ2n) is 8.04. The van der Waals surface area contributed by atoms with Gasteiger partial charge in [-0.15, -0.1) is 0 Å². The summed E-state index contributed by atoms with van der Waals surface area (Å²) in [6.07, 6.45) is 3.30. The number of benzene rings is 2. The molecule has 3 aromatic rings. The lowest BCUT2D eigenvalue weighted by atomic mass is 9.95. The number of halogens is 1. The SMILES string of the molecule is CCCCCOc1ccc(C2c3c(-c4cc(Cl)ccc4O)n[nH]c3C(=O)N2CCOC)cc1. The lowest BCUT2D eigenvalue weighted by Crippen LogP contribution is -2.32. The zero-order chi connectivity index (χ0) is 23.4. The summed E-state index contributed by atoms with van der Waals surface area (Å²) in [4.78, 5) is 15.0. The number of aromatic nitrogens is 2. The van der Waals surface area contributed by atoms with E-state index in [1.165, 1.54) is 6.07 Å². The number of phenols is 1. The average Bonchev–Trinajstić information content (AvgIpc) is 3.36. The number of unbranched alkanes of at least 4 members (excludes halogenated alkanes) is 2. The summed E-state index contributed by atoms with van der Waals surface area (Å²) in [6.45, 7) is 3.66. The van der Waals surface area contributed by atoms with Crippen molar-refractivity contribution in [2.24, 2.45) is 0 Å². The predicted octanol–water partition coefficient (Wildman–Crippen LogP) is 5.20. The van der Waals surface area contributed by atoms with Crippen LogP contribution in [0, 0.1) is 0 Å². The number of carbonyl (C=O) groups excluding carboxylic acids is 1. The van der Waals surface area contributed by atoms with Gasteiger partial charge in [0.1, 0.15) is 22.9 Å². The van der Waals surface area contributed by atoms with E-state index < -0.39 is 0 Å². The third kappa shape index (κ3) is 4.70. The largest absolute Gasteiger partial charge is 0.507 e. The molecule has 174 valence electrons. The van der Waals surface area contributed by atoms with Gasteiger partial charge in [0.05, 0.1) is 19.3 Å². The first-order valence-electron chi connectivity index (χ1n) is 11.1. The highest BCUT2D eigenvalue weighted by Crippen LogP contribution is 2.45. The number of carbonyl (C=O) groups is 1. The second kappa shape index (κ2) is 10.3. The molecule has 1 unspecified atom stereocenters. The van der Waals surface area contributed by atoms with Crippen molar-refractivity contribution >= 4 is 17.5 Å². The molecule has 4 rings (SSSR count). The highest BCUT2D eigenvalue weighted by molar-refractivity contribution is 6.31. The van der Waals surface area contributed by atoms with Crippen LogP contribution < -0.4 is 4.74 Å². The van der Waals surface area contributed by atoms with E-state index in [-0.39, 0.29) is 17.7 Å². The molecule has 0 aliphatic carbocycles. The van der Waals surface area contributed by atoms with Gasteiger partial charge in [0.25, 0.3) is 5.91 Å². The van der Waals surface area contributed by atoms with Crippen molar-refractivity contribution in [1.82, 2.24) is 15.1 Å². The summed E-state index contributed by atoms with van der Waals surface area (Å²) in [5.41, 5.74) is 3.02. The molecule has 1 aromatic heterocycles. The summed E-state index contributed by atoms with van der Waals surface area (Å²) in [5, 5.41) is 18.2. The minimum Gasteiger partial charge on any atom is -0.507 e. The van der Waals surface area contributed by atoms with Crippen LogP contribution in [0.25, 0.3) is 11.3 Å². The molecule has 0 saturated carbocycles. The molecule has 0 fully saturated rings. The number of aromatic amines is 1. The number of aromatic hydroxyl groups is 1. The maximum absolute atomic E-state index is 13.2. The third-order valence-corrected chi connectivity index (χ3v) is 6.06. The Labute approximate surface area is 198 Å². The monoisotopic (exact) mass is 469 g/mol. The molecule has 0 spiro atoms. The predicted molar refractivity (Wildman–Crippen MR) is 127 cm³/mol. The van der Waals surface area contributed by atoms with Crippen molar-refractivity contribution in [3.05, 3.63) is 64.3 Å². The zero-order valence-corrected chi connectivity index (χ0v) is 19.6. The first-order valence-corrected chi connectivity index (χ1v) is 11.5. The molecule has 1 aliphatic heterocycles. The number of nitrogens with zero attached hydrogens (tertiary/aromatic N) is 2. The van der Waals surface area contributed by atoms with E-state index in [1.807, 2.05) is 24.3 Å². The van der Waals surface area contributed by atoms with E-state index >= 15 is 0 Å². The highest BCUT2D eigenvalue weighted by atomic mass is 35.5. The van der Waals surface area contributed by atoms with Gasteiger partial charge < -0.3 is 19.5 Å². The van der Waals surface area contributed by atoms with Gasteiger partial charge in [-0.3, -0.25) is 9.89 Å². The topological polar surface area (TPSA) is 87.7 Å². The van der Waals surface area contributed by atoms with Gasteiger partial charge in [-0.1, -0.05) is 43.5 Å². The number of H-pyrrole nitrogens is 1. The van der Waals surface area contributed by atoms with Crippen molar-refractivity contribution in [1.29, 1.82) is 0 Å². The molecule has 8 heteroatoms. The number of ether oxygens (including phenoxy) is 2. The summed E-state index contributed by atoms with van der Waals surface area (Å²) in [6, 6.07) is 12.2. The van der Waals surface area contributed by atoms with Crippen LogP contribution in [0.5, 0.6) is 11.5 Å². The number of methoxy groups -OCH3 is 1. The van der Waals surface area contributed by atoms with Gasteiger partial charge in [0, 0.05) is 29.8 Å². The van der Waals surface area contributed by atoms with Crippen LogP contribution in [0.3, 0.4) is 0 Å². The van der Waals surface area contributed by atoms with Crippen LogP contribution in [0.15, 0.2) is 42.5 Å². The Kier molecular flexibility index (Phi) is 7.20. The Bertz CT molecular complexity index is 1110. The van der Waals surface area contributed by atoms with Crippen LogP contribution >= 0.6 is 11.6 Å². The molecule has 2 N–H and O–H groups in total. The van der Waals surface area contributed by atoms with Crippen LogP contribution in [-0.4, -0.2) is 53.0 Å². The van der Waals surface area contributed by atoms with Gasteiger partial charge in [-0.05, 0) is 42.3 Å². The number of phenolic OH excluding ortho intramolecular Hbond substituents is 1. The normalized spacial score (nSPS) is 15.2. The fourth-order valence-corrected chi connectivity index (χ4v) is 4.33. The smallest absolute Gasteiger partial charge is 0.273 e. The number of hydrogen-bond acceptors (Lipinski definition) is 5. The maximum Gasteiger partial charge on any atom is 0.273 e. The molecule has 2 heterocycles. The molecule has 1 atom stereocenters. The van der Waals surface area contributed by atoms with Crippen molar-refractivity contribution in [2.75, 3.05) is 26.9 Å². The quantitative estimate of drug-likeness (QED) is 0.398. The van der Waals surface area contributed by atoms with E-state index in [1.54, 1.807) is 24.1 Å². The molecule has 33 heavy (non-hydrogen) atoms. The Morgan fingerprint density at radius 2 is 1.94 bits per heavy atom. The Morgan fingerprint density at radius 1 is 1.15 bits per heavy atom. The lowest BCUT2D eigenvalue weighted by Gasteiger charge is -2.26. The van der Waals surface area contributed by atoms with Gasteiger partial charge in [0.2, 0.25) is 0 Å². The van der Waals surface area contributed by atoms with Crippen molar-refractivity contribution in [3.8, 4) is 22.8 Å². The van der Waals surface area contributed by atoms with E-state index in [9.17, 15) is 9.90 Å². The van der Waals surface area contributed by atoms with Crippen molar-refractivity contribution in [2.45, 2.75) is 32.2 Å². The molecular weight excluding hydrogens is 442 g/mol. The molecule has 0 bridgehead atoms. The summed E-state index contributed by atoms with van der Waals surface area (Å²) >= 11 is 6.19. The molecule has 1 amide bonds. The molecule has 0 radical (unpaired) electrons. The van der Waals surface area contributed by atoms with Crippen LogP contribution in [0.4, 0.5) is 0 Å². The highest BCUT2D eigenvalue weighted by Gasteiger charge is 2.42. The minimum atomic E-state index is -0.385. The van der Waals surface area contributed by atoms with Crippen LogP contribution in [-0.2, 0) is 4.74 Å². The molecule has 1 aliphatic rings. The fraction of sp³-hybridized carbons (Fsp3) is 0.360. The second-order valence-corrected chi connectivity index (χ2v) is 8.48. The average molecular weight is 470 g/mol. The number of rotatable bonds is 10. The van der Waals surface area contributed by atoms with E-state index in [0.717, 1.165) is 30.6 Å². The van der Waals surface area contributed by atoms with Crippen molar-refractivity contribution < 1.29 is 19.4 Å². The van der Waals surface area contributed by atoms with Crippen LogP contribution in [0.1, 0.15) is 53.8 Å². The number of hydrogen-bond donors (Lipinski definition) is 2. The summed E-state index contributed by atoms with van der Waals surface area (Å²) in [5.74, 6) is 0.682.